The topological polar surface area (TPSA) is 76.9 Å². The van der Waals surface area contributed by atoms with Crippen LogP contribution in [0.25, 0.3) is 31.2 Å². The van der Waals surface area contributed by atoms with E-state index in [4.69, 9.17) is 0 Å². The quantitative estimate of drug-likeness (QED) is 0.512. The zero-order valence-corrected chi connectivity index (χ0v) is 15.4. The minimum Gasteiger partial charge on any atom is -0.324 e. The van der Waals surface area contributed by atoms with E-state index < -0.39 is 0 Å². The van der Waals surface area contributed by atoms with Crippen molar-refractivity contribution in [3.05, 3.63) is 77.5 Å². The number of aromatic nitrogens is 3. The lowest BCUT2D eigenvalue weighted by Crippen LogP contribution is -2.27. The van der Waals surface area contributed by atoms with Gasteiger partial charge in [-0.2, -0.15) is 0 Å². The van der Waals surface area contributed by atoms with Crippen LogP contribution in [0.3, 0.4) is 0 Å². The van der Waals surface area contributed by atoms with E-state index in [1.807, 2.05) is 54.6 Å². The Balaban J connectivity index is 1.48. The second kappa shape index (κ2) is 6.54. The standard InChI is InChI=1S/C21H14N4O2S/c26-17(24-16-9-3-6-13-5-1-2-7-14(13)16)11-25-12-23-18-15-8-4-10-22-20(15)28-19(18)21(25)27/h1-10,12H,11H2,(H,24,26). The molecule has 0 aliphatic heterocycles. The summed E-state index contributed by atoms with van der Waals surface area (Å²) in [7, 11) is 0. The third-order valence-corrected chi connectivity index (χ3v) is 5.69. The Bertz CT molecular complexity index is 1420. The molecule has 1 N–H and O–H groups in total. The molecule has 0 unspecified atom stereocenters. The van der Waals surface area contributed by atoms with Crippen LogP contribution in [0.1, 0.15) is 0 Å². The molecule has 0 saturated carbocycles. The molecule has 3 heterocycles. The smallest absolute Gasteiger partial charge is 0.271 e. The highest BCUT2D eigenvalue weighted by Gasteiger charge is 2.14. The molecule has 0 spiro atoms. The Morgan fingerprint density at radius 3 is 2.75 bits per heavy atom. The number of fused-ring (bicyclic) bond motifs is 4. The minimum atomic E-state index is -0.279. The number of amides is 1. The van der Waals surface area contributed by atoms with Gasteiger partial charge < -0.3 is 5.32 Å². The summed E-state index contributed by atoms with van der Waals surface area (Å²) in [6.07, 6.45) is 3.11. The van der Waals surface area contributed by atoms with Gasteiger partial charge in [0, 0.05) is 22.7 Å². The average Bonchev–Trinajstić information content (AvgIpc) is 3.10. The van der Waals surface area contributed by atoms with Crippen LogP contribution in [0.5, 0.6) is 0 Å². The molecule has 0 aliphatic carbocycles. The third-order valence-electron chi connectivity index (χ3n) is 4.60. The molecule has 0 fully saturated rings. The Labute approximate surface area is 163 Å². The molecule has 0 aliphatic rings. The Kier molecular flexibility index (Phi) is 3.87. The van der Waals surface area contributed by atoms with E-state index in [0.29, 0.717) is 10.2 Å². The Morgan fingerprint density at radius 2 is 1.82 bits per heavy atom. The van der Waals surface area contributed by atoms with Crippen LogP contribution in [0.2, 0.25) is 0 Å². The summed E-state index contributed by atoms with van der Waals surface area (Å²) in [6, 6.07) is 17.3. The number of thiophene rings is 1. The minimum absolute atomic E-state index is 0.104. The number of benzene rings is 2. The summed E-state index contributed by atoms with van der Waals surface area (Å²) < 4.78 is 1.84. The molecule has 6 nitrogen and oxygen atoms in total. The van der Waals surface area contributed by atoms with E-state index in [9.17, 15) is 9.59 Å². The highest BCUT2D eigenvalue weighted by molar-refractivity contribution is 7.25. The molecule has 0 atom stereocenters. The van der Waals surface area contributed by atoms with E-state index >= 15 is 0 Å². The van der Waals surface area contributed by atoms with Crippen molar-refractivity contribution in [1.29, 1.82) is 0 Å². The van der Waals surface area contributed by atoms with Gasteiger partial charge in [0.2, 0.25) is 5.91 Å². The molecule has 5 rings (SSSR count). The predicted molar refractivity (Wildman–Crippen MR) is 112 cm³/mol. The molecule has 2 aromatic carbocycles. The van der Waals surface area contributed by atoms with Crippen molar-refractivity contribution in [2.45, 2.75) is 6.54 Å². The molecular formula is C21H14N4O2S. The van der Waals surface area contributed by atoms with Gasteiger partial charge in [0.15, 0.2) is 0 Å². The molecule has 5 aromatic rings. The van der Waals surface area contributed by atoms with E-state index in [-0.39, 0.29) is 18.0 Å². The van der Waals surface area contributed by atoms with Crippen LogP contribution in [-0.2, 0) is 11.3 Å². The number of carbonyl (C=O) groups excluding carboxylic acids is 1. The number of anilines is 1. The molecule has 0 saturated heterocycles. The zero-order valence-electron chi connectivity index (χ0n) is 14.6. The number of hydrogen-bond acceptors (Lipinski definition) is 5. The summed E-state index contributed by atoms with van der Waals surface area (Å²) in [5, 5.41) is 5.75. The molecular weight excluding hydrogens is 372 g/mol. The second-order valence-electron chi connectivity index (χ2n) is 6.39. The molecule has 0 radical (unpaired) electrons. The first-order chi connectivity index (χ1) is 13.7. The highest BCUT2D eigenvalue weighted by Crippen LogP contribution is 2.28. The maximum absolute atomic E-state index is 12.8. The van der Waals surface area contributed by atoms with E-state index in [0.717, 1.165) is 26.7 Å². The van der Waals surface area contributed by atoms with Crippen LogP contribution in [0.4, 0.5) is 5.69 Å². The fraction of sp³-hybridized carbons (Fsp3) is 0.0476. The van der Waals surface area contributed by atoms with E-state index in [1.54, 1.807) is 6.20 Å². The SMILES string of the molecule is O=C(Cn1cnc2c(sc3ncccc32)c1=O)Nc1cccc2ccccc12. The Hall–Kier alpha value is -3.58. The van der Waals surface area contributed by atoms with Gasteiger partial charge in [0.05, 0.1) is 11.8 Å². The van der Waals surface area contributed by atoms with Crippen molar-refractivity contribution < 1.29 is 4.79 Å². The first-order valence-electron chi connectivity index (χ1n) is 8.71. The number of carbonyl (C=O) groups is 1. The molecule has 7 heteroatoms. The van der Waals surface area contributed by atoms with Gasteiger partial charge in [-0.25, -0.2) is 9.97 Å². The van der Waals surface area contributed by atoms with Gasteiger partial charge in [-0.3, -0.25) is 14.2 Å². The summed E-state index contributed by atoms with van der Waals surface area (Å²) >= 11 is 1.30. The van der Waals surface area contributed by atoms with Crippen molar-refractivity contribution in [2.24, 2.45) is 0 Å². The first-order valence-corrected chi connectivity index (χ1v) is 9.52. The molecule has 1 amide bonds. The third kappa shape index (κ3) is 2.73. The van der Waals surface area contributed by atoms with Crippen molar-refractivity contribution in [3.8, 4) is 0 Å². The van der Waals surface area contributed by atoms with Gasteiger partial charge in [0.25, 0.3) is 5.56 Å². The van der Waals surface area contributed by atoms with Gasteiger partial charge in [-0.05, 0) is 23.6 Å². The highest BCUT2D eigenvalue weighted by atomic mass is 32.1. The number of pyridine rings is 1. The molecule has 28 heavy (non-hydrogen) atoms. The zero-order chi connectivity index (χ0) is 19.1. The van der Waals surface area contributed by atoms with Crippen LogP contribution >= 0.6 is 11.3 Å². The summed E-state index contributed by atoms with van der Waals surface area (Å²) in [4.78, 5) is 34.8. The largest absolute Gasteiger partial charge is 0.324 e. The lowest BCUT2D eigenvalue weighted by Gasteiger charge is -2.09. The van der Waals surface area contributed by atoms with Gasteiger partial charge in [-0.1, -0.05) is 36.4 Å². The monoisotopic (exact) mass is 386 g/mol. The van der Waals surface area contributed by atoms with Crippen molar-refractivity contribution in [1.82, 2.24) is 14.5 Å². The first kappa shape index (κ1) is 16.6. The van der Waals surface area contributed by atoms with Crippen LogP contribution in [0.15, 0.2) is 71.9 Å². The van der Waals surface area contributed by atoms with Gasteiger partial charge in [0.1, 0.15) is 16.1 Å². The lowest BCUT2D eigenvalue weighted by molar-refractivity contribution is -0.116. The van der Waals surface area contributed by atoms with Gasteiger partial charge >= 0.3 is 0 Å². The number of nitrogens with zero attached hydrogens (tertiary/aromatic N) is 3. The van der Waals surface area contributed by atoms with Crippen LogP contribution < -0.4 is 10.9 Å². The normalized spacial score (nSPS) is 11.3. The van der Waals surface area contributed by atoms with Crippen molar-refractivity contribution in [2.75, 3.05) is 5.32 Å². The molecule has 0 bridgehead atoms. The summed E-state index contributed by atoms with van der Waals surface area (Å²) in [6.45, 7) is -0.104. The van der Waals surface area contributed by atoms with Gasteiger partial charge in [-0.15, -0.1) is 11.3 Å². The summed E-state index contributed by atoms with van der Waals surface area (Å²) in [5.74, 6) is -0.279. The number of nitrogens with one attached hydrogen (secondary N) is 1. The lowest BCUT2D eigenvalue weighted by atomic mass is 10.1. The van der Waals surface area contributed by atoms with Crippen LogP contribution in [0, 0.1) is 0 Å². The van der Waals surface area contributed by atoms with Crippen molar-refractivity contribution >= 4 is 54.1 Å². The molecule has 136 valence electrons. The second-order valence-corrected chi connectivity index (χ2v) is 7.39. The maximum atomic E-state index is 12.8. The van der Waals surface area contributed by atoms with E-state index in [2.05, 4.69) is 15.3 Å². The van der Waals surface area contributed by atoms with Crippen LogP contribution in [-0.4, -0.2) is 20.4 Å². The average molecular weight is 386 g/mol. The van der Waals surface area contributed by atoms with Crippen molar-refractivity contribution in [3.63, 3.8) is 0 Å². The molecule has 3 aromatic heterocycles. The number of hydrogen-bond donors (Lipinski definition) is 1. The fourth-order valence-electron chi connectivity index (χ4n) is 3.29. The number of rotatable bonds is 3. The summed E-state index contributed by atoms with van der Waals surface area (Å²) in [5.41, 5.74) is 1.11. The predicted octanol–water partition coefficient (Wildman–Crippen LogP) is 3.80. The fourth-order valence-corrected chi connectivity index (χ4v) is 4.34. The Morgan fingerprint density at radius 1 is 1.00 bits per heavy atom. The maximum Gasteiger partial charge on any atom is 0.271 e. The van der Waals surface area contributed by atoms with E-state index in [1.165, 1.54) is 22.2 Å².